The number of hydrogen-bond donors (Lipinski definition) is 1. The van der Waals surface area contributed by atoms with Gasteiger partial charge in [-0.05, 0) is 31.0 Å². The van der Waals surface area contributed by atoms with Crippen LogP contribution in [0.15, 0.2) is 29.5 Å². The van der Waals surface area contributed by atoms with Crippen LogP contribution in [-0.4, -0.2) is 12.3 Å². The third kappa shape index (κ3) is 2.66. The molecule has 3 nitrogen and oxygen atoms in total. The summed E-state index contributed by atoms with van der Waals surface area (Å²) in [6, 6.07) is 6.54. The lowest BCUT2D eigenvalue weighted by Gasteiger charge is -2.05. The van der Waals surface area contributed by atoms with Gasteiger partial charge in [-0.1, -0.05) is 23.2 Å². The minimum Gasteiger partial charge on any atom is -0.387 e. The smallest absolute Gasteiger partial charge is 0.205 e. The quantitative estimate of drug-likeness (QED) is 0.514. The van der Waals surface area contributed by atoms with E-state index in [0.717, 1.165) is 19.4 Å². The Morgan fingerprint density at radius 2 is 1.94 bits per heavy atom. The summed E-state index contributed by atoms with van der Waals surface area (Å²) in [6.45, 7) is 0.796. The fraction of sp³-hybridized carbons (Fsp3) is 0.231. The summed E-state index contributed by atoms with van der Waals surface area (Å²) in [7, 11) is 0. The van der Waals surface area contributed by atoms with Gasteiger partial charge in [-0.3, -0.25) is 4.79 Å². The second-order valence-electron chi connectivity index (χ2n) is 3.98. The Morgan fingerprint density at radius 1 is 1.28 bits per heavy atom. The molecule has 0 bridgehead atoms. The van der Waals surface area contributed by atoms with Crippen LogP contribution in [0.25, 0.3) is 0 Å². The first-order chi connectivity index (χ1) is 8.61. The SMILES string of the molecule is N#C/C(C(=O)c1cc(Cl)cc(Cl)c1)=C1/CCCN1. The highest BCUT2D eigenvalue weighted by Crippen LogP contribution is 2.23. The highest BCUT2D eigenvalue weighted by atomic mass is 35.5. The number of nitrogens with zero attached hydrogens (tertiary/aromatic N) is 1. The van der Waals surface area contributed by atoms with E-state index in [4.69, 9.17) is 28.5 Å². The van der Waals surface area contributed by atoms with Crippen molar-refractivity contribution in [3.63, 3.8) is 0 Å². The first kappa shape index (κ1) is 12.9. The van der Waals surface area contributed by atoms with Crippen LogP contribution in [0.5, 0.6) is 0 Å². The van der Waals surface area contributed by atoms with Crippen LogP contribution in [0.4, 0.5) is 0 Å². The molecule has 0 aliphatic carbocycles. The fourth-order valence-electron chi connectivity index (χ4n) is 1.89. The van der Waals surface area contributed by atoms with Crippen LogP contribution in [-0.2, 0) is 0 Å². The number of allylic oxidation sites excluding steroid dienone is 2. The number of Topliss-reactive ketones (excluding diaryl/α,β-unsaturated/α-hetero) is 1. The molecule has 1 N–H and O–H groups in total. The molecular formula is C13H10Cl2N2O. The van der Waals surface area contributed by atoms with Gasteiger partial charge in [0, 0.05) is 27.9 Å². The summed E-state index contributed by atoms with van der Waals surface area (Å²) in [5.74, 6) is -0.341. The highest BCUT2D eigenvalue weighted by Gasteiger charge is 2.20. The van der Waals surface area contributed by atoms with E-state index in [2.05, 4.69) is 5.32 Å². The number of carbonyl (C=O) groups excluding carboxylic acids is 1. The highest BCUT2D eigenvalue weighted by molar-refractivity contribution is 6.35. The number of carbonyl (C=O) groups is 1. The number of halogens is 2. The maximum Gasteiger partial charge on any atom is 0.205 e. The molecule has 0 radical (unpaired) electrons. The molecule has 1 heterocycles. The van der Waals surface area contributed by atoms with E-state index in [0.29, 0.717) is 21.3 Å². The molecule has 1 aliphatic heterocycles. The van der Waals surface area contributed by atoms with Crippen molar-refractivity contribution in [3.8, 4) is 6.07 Å². The number of nitrogens with one attached hydrogen (secondary N) is 1. The normalized spacial score (nSPS) is 16.9. The molecule has 0 aromatic heterocycles. The zero-order valence-corrected chi connectivity index (χ0v) is 11.0. The standard InChI is InChI=1S/C13H10Cl2N2O/c14-9-4-8(5-10(15)6-9)13(18)11(7-16)12-2-1-3-17-12/h4-6,17H,1-3H2/b12-11+. The molecular weight excluding hydrogens is 271 g/mol. The molecule has 1 aliphatic rings. The van der Waals surface area contributed by atoms with E-state index in [-0.39, 0.29) is 11.4 Å². The fourth-order valence-corrected chi connectivity index (χ4v) is 2.42. The van der Waals surface area contributed by atoms with Gasteiger partial charge >= 0.3 is 0 Å². The number of rotatable bonds is 2. The van der Waals surface area contributed by atoms with Crippen LogP contribution < -0.4 is 5.32 Å². The number of benzene rings is 1. The third-order valence-electron chi connectivity index (χ3n) is 2.71. The van der Waals surface area contributed by atoms with Gasteiger partial charge in [0.15, 0.2) is 0 Å². The minimum absolute atomic E-state index is 0.144. The van der Waals surface area contributed by atoms with Crippen LogP contribution in [0.2, 0.25) is 10.0 Å². The molecule has 5 heteroatoms. The van der Waals surface area contributed by atoms with Gasteiger partial charge in [-0.2, -0.15) is 5.26 Å². The van der Waals surface area contributed by atoms with Gasteiger partial charge in [0.05, 0.1) is 0 Å². The van der Waals surface area contributed by atoms with Gasteiger partial charge in [-0.15, -0.1) is 0 Å². The maximum absolute atomic E-state index is 12.2. The molecule has 0 unspecified atom stereocenters. The molecule has 1 fully saturated rings. The first-order valence-corrected chi connectivity index (χ1v) is 6.25. The summed E-state index contributed by atoms with van der Waals surface area (Å²) >= 11 is 11.7. The Labute approximate surface area is 115 Å². The Bertz CT molecular complexity index is 545. The molecule has 18 heavy (non-hydrogen) atoms. The monoisotopic (exact) mass is 280 g/mol. The van der Waals surface area contributed by atoms with Gasteiger partial charge in [0.2, 0.25) is 5.78 Å². The van der Waals surface area contributed by atoms with Crippen molar-refractivity contribution in [2.45, 2.75) is 12.8 Å². The van der Waals surface area contributed by atoms with Crippen molar-refractivity contribution in [1.82, 2.24) is 5.32 Å². The number of nitriles is 1. The van der Waals surface area contributed by atoms with Crippen molar-refractivity contribution in [2.24, 2.45) is 0 Å². The van der Waals surface area contributed by atoms with Crippen LogP contribution >= 0.6 is 23.2 Å². The number of hydrogen-bond acceptors (Lipinski definition) is 3. The zero-order valence-electron chi connectivity index (χ0n) is 9.46. The molecule has 1 aromatic carbocycles. The molecule has 2 rings (SSSR count). The summed E-state index contributed by atoms with van der Waals surface area (Å²) in [6.07, 6.45) is 1.66. The van der Waals surface area contributed by atoms with Gasteiger partial charge in [0.25, 0.3) is 0 Å². The molecule has 0 atom stereocenters. The summed E-state index contributed by atoms with van der Waals surface area (Å²) in [5.41, 5.74) is 1.19. The van der Waals surface area contributed by atoms with Crippen molar-refractivity contribution in [3.05, 3.63) is 45.1 Å². The average Bonchev–Trinajstić information content (AvgIpc) is 2.82. The maximum atomic E-state index is 12.2. The zero-order chi connectivity index (χ0) is 13.1. The van der Waals surface area contributed by atoms with Crippen LogP contribution in [0, 0.1) is 11.3 Å². The largest absolute Gasteiger partial charge is 0.387 e. The molecule has 1 saturated heterocycles. The van der Waals surface area contributed by atoms with Crippen molar-refractivity contribution < 1.29 is 4.79 Å². The molecule has 1 aromatic rings. The van der Waals surface area contributed by atoms with E-state index in [9.17, 15) is 4.79 Å². The van der Waals surface area contributed by atoms with Gasteiger partial charge in [-0.25, -0.2) is 0 Å². The van der Waals surface area contributed by atoms with E-state index >= 15 is 0 Å². The lowest BCUT2D eigenvalue weighted by molar-refractivity contribution is 0.103. The van der Waals surface area contributed by atoms with Gasteiger partial charge in [0.1, 0.15) is 11.6 Å². The van der Waals surface area contributed by atoms with Crippen molar-refractivity contribution >= 4 is 29.0 Å². The lowest BCUT2D eigenvalue weighted by Crippen LogP contribution is -2.12. The summed E-state index contributed by atoms with van der Waals surface area (Å²) in [4.78, 5) is 12.2. The second-order valence-corrected chi connectivity index (χ2v) is 4.86. The first-order valence-electron chi connectivity index (χ1n) is 5.49. The molecule has 0 saturated carbocycles. The summed E-state index contributed by atoms with van der Waals surface area (Å²) < 4.78 is 0. The Balaban J connectivity index is 2.41. The Morgan fingerprint density at radius 3 is 2.44 bits per heavy atom. The predicted molar refractivity (Wildman–Crippen MR) is 70.7 cm³/mol. The van der Waals surface area contributed by atoms with Crippen LogP contribution in [0.1, 0.15) is 23.2 Å². The van der Waals surface area contributed by atoms with E-state index in [1.54, 1.807) is 6.07 Å². The van der Waals surface area contributed by atoms with Crippen molar-refractivity contribution in [2.75, 3.05) is 6.54 Å². The van der Waals surface area contributed by atoms with Crippen LogP contribution in [0.3, 0.4) is 0 Å². The molecule has 92 valence electrons. The topological polar surface area (TPSA) is 52.9 Å². The van der Waals surface area contributed by atoms with Crippen molar-refractivity contribution in [1.29, 1.82) is 5.26 Å². The summed E-state index contributed by atoms with van der Waals surface area (Å²) in [5, 5.41) is 12.9. The van der Waals surface area contributed by atoms with E-state index in [1.807, 2.05) is 6.07 Å². The molecule has 0 spiro atoms. The third-order valence-corrected chi connectivity index (χ3v) is 3.14. The predicted octanol–water partition coefficient (Wildman–Crippen LogP) is 3.34. The minimum atomic E-state index is -0.341. The average molecular weight is 281 g/mol. The lowest BCUT2D eigenvalue weighted by atomic mass is 10.0. The molecule has 0 amide bonds. The number of ketones is 1. The van der Waals surface area contributed by atoms with E-state index in [1.165, 1.54) is 12.1 Å². The second kappa shape index (κ2) is 5.43. The van der Waals surface area contributed by atoms with Gasteiger partial charge < -0.3 is 5.32 Å². The Hall–Kier alpha value is -1.50. The van der Waals surface area contributed by atoms with E-state index < -0.39 is 0 Å². The Kier molecular flexibility index (Phi) is 3.90.